The normalized spacial score (nSPS) is 25.5. The summed E-state index contributed by atoms with van der Waals surface area (Å²) in [6.07, 6.45) is -0.690. The van der Waals surface area contributed by atoms with Gasteiger partial charge in [-0.2, -0.15) is 0 Å². The lowest BCUT2D eigenvalue weighted by Crippen LogP contribution is -2.63. The number of amides is 12. The number of carbonyl (C=O) groups is 14. The smallest absolute Gasteiger partial charge is 0.306 e. The number of aromatic amines is 1. The third-order valence-electron chi connectivity index (χ3n) is 21.9. The fourth-order valence-corrected chi connectivity index (χ4v) is 15.0. The first-order valence-corrected chi connectivity index (χ1v) is 41.0. The molecule has 654 valence electrons. The molecule has 1 saturated carbocycles. The van der Waals surface area contributed by atoms with Crippen molar-refractivity contribution >= 4 is 93.9 Å². The van der Waals surface area contributed by atoms with E-state index in [1.807, 2.05) is 62.3 Å². The Kier molecular flexibility index (Phi) is 39.7. The third-order valence-corrected chi connectivity index (χ3v) is 21.9. The number of likely N-dealkylation sites (N-methyl/N-ethyl adjacent to an activating group) is 7. The molecule has 34 nitrogen and oxygen atoms in total. The maximum absolute atomic E-state index is 15.7. The van der Waals surface area contributed by atoms with E-state index in [1.54, 1.807) is 64.8 Å². The van der Waals surface area contributed by atoms with Crippen LogP contribution in [0.25, 0.3) is 11.0 Å². The number of hydrogen-bond donors (Lipinski definition) is 10. The van der Waals surface area contributed by atoms with Gasteiger partial charge in [-0.25, -0.2) is 4.98 Å². The number of benzene rings is 1. The van der Waals surface area contributed by atoms with Crippen molar-refractivity contribution in [3.63, 3.8) is 0 Å². The molecular formula is C82H137N15O19. The standard InChI is InChI=1S/C82H137N15O19/c1-24-57-42-91(17)43-65(98)92(18)60(33-44(2)3)74(104)90-66(48(10)11)79(109)93(19)61(34-45(4)5)73(103)85-51(15)70(100)86-52(16)76(106)94(20)62(35-46(6)7)77(107)95(21)63(36-47(8)9)78(108)96(22)67(49(12)13)80(110)97(23)68(75(105)87-57)69(99)50(14)37-64-88-58-26-25-53(41-59(58)89-64)71(101)83-27-29-115-31-32-116-30-28-84-72(102)54-38-55(81(111)112)40-56(39-54)82(113)114/h25-26,41,44-52,54-57,60-63,66-69,99H,24,27-40,42-43H2,1-23H3,(H,83,101)(H,84,102)(H,85,103)(H,86,100)(H,87,105)(H,88,89)(H,90,104)(H,111,112)(H,113,114). The molecule has 14 atom stereocenters. The van der Waals surface area contributed by atoms with Crippen molar-refractivity contribution in [1.82, 2.24) is 76.2 Å². The van der Waals surface area contributed by atoms with Crippen molar-refractivity contribution in [1.29, 1.82) is 0 Å². The number of carboxylic acid groups (broad SMARTS) is 2. The highest BCUT2D eigenvalue weighted by Gasteiger charge is 2.46. The lowest BCUT2D eigenvalue weighted by molar-refractivity contribution is -0.157. The number of hydrogen-bond acceptors (Lipinski definition) is 19. The molecule has 10 N–H and O–H groups in total. The topological polar surface area (TPSA) is 442 Å². The summed E-state index contributed by atoms with van der Waals surface area (Å²) in [4.78, 5) is 215. The Morgan fingerprint density at radius 3 is 1.49 bits per heavy atom. The van der Waals surface area contributed by atoms with Crippen LogP contribution in [0.2, 0.25) is 0 Å². The van der Waals surface area contributed by atoms with Crippen LogP contribution in [0.5, 0.6) is 0 Å². The molecule has 1 aliphatic carbocycles. The molecule has 1 aromatic carbocycles. The van der Waals surface area contributed by atoms with Gasteiger partial charge < -0.3 is 91.1 Å². The van der Waals surface area contributed by atoms with Crippen LogP contribution < -0.4 is 31.9 Å². The minimum absolute atomic E-state index is 0.00597. The molecule has 1 aromatic heterocycles. The summed E-state index contributed by atoms with van der Waals surface area (Å²) in [5, 5.41) is 48.6. The summed E-state index contributed by atoms with van der Waals surface area (Å²) in [7, 11) is 10.3. The first kappa shape index (κ1) is 99.5. The molecule has 2 aliphatic rings. The van der Waals surface area contributed by atoms with Crippen LogP contribution in [-0.4, -0.2) is 311 Å². The maximum atomic E-state index is 15.7. The number of fused-ring (bicyclic) bond motifs is 1. The number of aromatic nitrogens is 2. The molecule has 2 aromatic rings. The van der Waals surface area contributed by atoms with E-state index in [0.717, 1.165) is 4.90 Å². The second kappa shape index (κ2) is 46.3. The Balaban J connectivity index is 1.70. The molecule has 2 heterocycles. The molecule has 0 spiro atoms. The van der Waals surface area contributed by atoms with Crippen molar-refractivity contribution in [2.75, 3.05) is 102 Å². The number of imidazole rings is 1. The van der Waals surface area contributed by atoms with Crippen molar-refractivity contribution in [2.45, 2.75) is 235 Å². The van der Waals surface area contributed by atoms with E-state index in [-0.39, 0.29) is 140 Å². The van der Waals surface area contributed by atoms with E-state index in [9.17, 15) is 63.3 Å². The van der Waals surface area contributed by atoms with E-state index in [4.69, 9.17) is 14.5 Å². The Hall–Kier alpha value is -8.89. The number of nitrogens with zero attached hydrogens (tertiary/aromatic N) is 8. The molecule has 0 bridgehead atoms. The Labute approximate surface area is 684 Å². The zero-order valence-electron chi connectivity index (χ0n) is 72.8. The third kappa shape index (κ3) is 28.7. The lowest BCUT2D eigenvalue weighted by atomic mass is 9.75. The predicted octanol–water partition coefficient (Wildman–Crippen LogP) is 2.98. The highest BCUT2D eigenvalue weighted by Crippen LogP contribution is 2.35. The van der Waals surface area contributed by atoms with Gasteiger partial charge in [-0.05, 0) is 132 Å². The Bertz CT molecular complexity index is 3660. The molecule has 4 rings (SSSR count). The van der Waals surface area contributed by atoms with E-state index >= 15 is 19.2 Å². The van der Waals surface area contributed by atoms with E-state index in [2.05, 4.69) is 36.9 Å². The summed E-state index contributed by atoms with van der Waals surface area (Å²) < 4.78 is 11.2. The van der Waals surface area contributed by atoms with Gasteiger partial charge >= 0.3 is 11.9 Å². The molecule has 1 aliphatic heterocycles. The largest absolute Gasteiger partial charge is 0.481 e. The van der Waals surface area contributed by atoms with Crippen LogP contribution in [0.1, 0.15) is 178 Å². The number of nitrogens with one attached hydrogen (secondary N) is 7. The minimum Gasteiger partial charge on any atom is -0.481 e. The zero-order valence-corrected chi connectivity index (χ0v) is 72.8. The number of aliphatic carboxylic acids is 2. The zero-order chi connectivity index (χ0) is 87.8. The van der Waals surface area contributed by atoms with Crippen LogP contribution >= 0.6 is 0 Å². The lowest BCUT2D eigenvalue weighted by Gasteiger charge is -2.41. The van der Waals surface area contributed by atoms with E-state index < -0.39 is 185 Å². The number of H-pyrrole nitrogens is 1. The summed E-state index contributed by atoms with van der Waals surface area (Å²) >= 11 is 0. The van der Waals surface area contributed by atoms with Crippen LogP contribution in [-0.2, 0) is 78.2 Å². The highest BCUT2D eigenvalue weighted by atomic mass is 16.5. The fourth-order valence-electron chi connectivity index (χ4n) is 15.0. The minimum atomic E-state index is -1.66. The second-order valence-electron chi connectivity index (χ2n) is 34.3. The molecule has 0 radical (unpaired) electrons. The van der Waals surface area contributed by atoms with E-state index in [0.29, 0.717) is 16.9 Å². The first-order chi connectivity index (χ1) is 54.1. The van der Waals surface area contributed by atoms with Gasteiger partial charge in [-0.3, -0.25) is 72.0 Å². The molecule has 34 heteroatoms. The molecular weight excluding hydrogens is 1500 g/mol. The predicted molar refractivity (Wildman–Crippen MR) is 435 cm³/mol. The van der Waals surface area contributed by atoms with Gasteiger partial charge in [-0.15, -0.1) is 0 Å². The fraction of sp³-hybridized carbons (Fsp3) is 0.744. The molecule has 1 saturated heterocycles. The van der Waals surface area contributed by atoms with Gasteiger partial charge in [0.1, 0.15) is 60.2 Å². The average Bonchev–Trinajstić information content (AvgIpc) is 1.20. The monoisotopic (exact) mass is 1640 g/mol. The number of rotatable bonds is 28. The molecule has 14 unspecified atom stereocenters. The van der Waals surface area contributed by atoms with Gasteiger partial charge in [0.05, 0.1) is 61.9 Å². The number of carboxylic acids is 2. The first-order valence-electron chi connectivity index (χ1n) is 41.0. The SMILES string of the molecule is CCC1CN(C)CC(=O)N(C)C(CC(C)C)C(=O)NC(C(C)C)C(=O)N(C)C(CC(C)C)C(=O)NC(C)C(=O)NC(C)C(=O)N(C)C(CC(C)C)C(=O)N(C)C(CC(C)C)C(=O)N(C)C(C(C)C)C(=O)N(C)C(C(O)C(C)Cc2nc3ccc(C(=O)NCCOCCOCCNC(=O)C4CC(C(=O)O)CC(C(=O)O)C4)cc3[nH]2)C(=O)N1. The van der Waals surface area contributed by atoms with Crippen molar-refractivity contribution in [3.8, 4) is 0 Å². The summed E-state index contributed by atoms with van der Waals surface area (Å²) in [5.41, 5.74) is 1.23. The number of aliphatic hydroxyl groups excluding tert-OH is 1. The molecule has 12 amide bonds. The maximum Gasteiger partial charge on any atom is 0.306 e. The van der Waals surface area contributed by atoms with Gasteiger partial charge in [0, 0.05) is 85.9 Å². The Morgan fingerprint density at radius 2 is 0.983 bits per heavy atom. The highest BCUT2D eigenvalue weighted by molar-refractivity contribution is 6.00. The van der Waals surface area contributed by atoms with Gasteiger partial charge in [0.25, 0.3) is 5.91 Å². The molecule has 2 fully saturated rings. The van der Waals surface area contributed by atoms with Crippen molar-refractivity contribution < 1.29 is 91.9 Å². The van der Waals surface area contributed by atoms with Gasteiger partial charge in [0.15, 0.2) is 0 Å². The second-order valence-corrected chi connectivity index (χ2v) is 34.3. The van der Waals surface area contributed by atoms with Crippen LogP contribution in [0.3, 0.4) is 0 Å². The van der Waals surface area contributed by atoms with Crippen molar-refractivity contribution in [2.24, 2.45) is 59.2 Å². The Morgan fingerprint density at radius 1 is 0.517 bits per heavy atom. The number of carbonyl (C=O) groups excluding carboxylic acids is 12. The van der Waals surface area contributed by atoms with Crippen molar-refractivity contribution in [3.05, 3.63) is 29.6 Å². The van der Waals surface area contributed by atoms with Crippen LogP contribution in [0.4, 0.5) is 0 Å². The van der Waals surface area contributed by atoms with Gasteiger partial charge in [0.2, 0.25) is 65.0 Å². The summed E-state index contributed by atoms with van der Waals surface area (Å²) in [5.74, 6) is -14.6. The summed E-state index contributed by atoms with van der Waals surface area (Å²) in [6.45, 7) is 28.9. The summed E-state index contributed by atoms with van der Waals surface area (Å²) in [6, 6.07) is -7.15. The quantitative estimate of drug-likeness (QED) is 0.0547. The van der Waals surface area contributed by atoms with Crippen LogP contribution in [0, 0.1) is 59.2 Å². The molecule has 116 heavy (non-hydrogen) atoms. The van der Waals surface area contributed by atoms with E-state index in [1.165, 1.54) is 80.6 Å². The average molecular weight is 1640 g/mol. The van der Waals surface area contributed by atoms with Crippen LogP contribution in [0.15, 0.2) is 18.2 Å². The van der Waals surface area contributed by atoms with Gasteiger partial charge in [-0.1, -0.05) is 96.9 Å². The number of ether oxygens (including phenoxy) is 2. The number of aliphatic hydroxyl groups is 1.